The second kappa shape index (κ2) is 6.93. The molecule has 0 unspecified atom stereocenters. The fourth-order valence-corrected chi connectivity index (χ4v) is 1.72. The molecule has 7 heteroatoms. The van der Waals surface area contributed by atoms with Crippen molar-refractivity contribution in [3.63, 3.8) is 0 Å². The van der Waals surface area contributed by atoms with E-state index in [0.717, 1.165) is 0 Å². The molecule has 0 heterocycles. The van der Waals surface area contributed by atoms with Crippen LogP contribution in [0.1, 0.15) is 36.7 Å². The average Bonchev–Trinajstić information content (AvgIpc) is 2.35. The highest BCUT2D eigenvalue weighted by molar-refractivity contribution is 5.87. The standard InChI is InChI=1S/C15H19NO6/c1-15(2,3)22-14(21)16-11(13(19)20)8-9-5-4-6-10(7-9)12(17)18/h4-7,11H,8H2,1-3H3,(H,16,21)(H,17,18)(H,19,20)/t11-/m0/s1. The predicted octanol–water partition coefficient (Wildman–Crippen LogP) is 1.91. The van der Waals surface area contributed by atoms with Crippen LogP contribution in [0.15, 0.2) is 24.3 Å². The summed E-state index contributed by atoms with van der Waals surface area (Å²) >= 11 is 0. The second-order valence-electron chi connectivity index (χ2n) is 5.75. The van der Waals surface area contributed by atoms with Crippen LogP contribution in [0.2, 0.25) is 0 Å². The van der Waals surface area contributed by atoms with Crippen molar-refractivity contribution in [2.24, 2.45) is 0 Å². The maximum Gasteiger partial charge on any atom is 0.408 e. The zero-order valence-corrected chi connectivity index (χ0v) is 12.6. The molecular formula is C15H19NO6. The Hall–Kier alpha value is -2.57. The highest BCUT2D eigenvalue weighted by atomic mass is 16.6. The van der Waals surface area contributed by atoms with Gasteiger partial charge in [0.2, 0.25) is 0 Å². The van der Waals surface area contributed by atoms with E-state index in [2.05, 4.69) is 5.32 Å². The van der Waals surface area contributed by atoms with Gasteiger partial charge in [-0.25, -0.2) is 14.4 Å². The lowest BCUT2D eigenvalue weighted by Crippen LogP contribution is -2.44. The van der Waals surface area contributed by atoms with E-state index in [1.54, 1.807) is 26.8 Å². The molecule has 22 heavy (non-hydrogen) atoms. The number of carboxylic acid groups (broad SMARTS) is 2. The first kappa shape index (κ1) is 17.5. The summed E-state index contributed by atoms with van der Waals surface area (Å²) in [7, 11) is 0. The van der Waals surface area contributed by atoms with Gasteiger partial charge in [-0.1, -0.05) is 12.1 Å². The minimum absolute atomic E-state index is 0.0459. The van der Waals surface area contributed by atoms with Crippen molar-refractivity contribution in [3.8, 4) is 0 Å². The zero-order valence-electron chi connectivity index (χ0n) is 12.6. The van der Waals surface area contributed by atoms with Crippen molar-refractivity contribution in [1.82, 2.24) is 5.32 Å². The molecule has 7 nitrogen and oxygen atoms in total. The van der Waals surface area contributed by atoms with E-state index in [4.69, 9.17) is 9.84 Å². The Labute approximate surface area is 127 Å². The first-order chi connectivity index (χ1) is 10.1. The zero-order chi connectivity index (χ0) is 16.9. The fourth-order valence-electron chi connectivity index (χ4n) is 1.72. The lowest BCUT2D eigenvalue weighted by molar-refractivity contribution is -0.139. The van der Waals surface area contributed by atoms with Crippen LogP contribution in [0.5, 0.6) is 0 Å². The maximum absolute atomic E-state index is 11.6. The number of carbonyl (C=O) groups excluding carboxylic acids is 1. The number of aliphatic carboxylic acids is 1. The molecule has 1 atom stereocenters. The summed E-state index contributed by atoms with van der Waals surface area (Å²) in [6, 6.07) is 4.68. The van der Waals surface area contributed by atoms with Gasteiger partial charge in [-0.2, -0.15) is 0 Å². The van der Waals surface area contributed by atoms with Crippen molar-refractivity contribution in [1.29, 1.82) is 0 Å². The normalized spacial score (nSPS) is 12.3. The van der Waals surface area contributed by atoms with Crippen molar-refractivity contribution >= 4 is 18.0 Å². The molecule has 0 bridgehead atoms. The van der Waals surface area contributed by atoms with E-state index in [9.17, 15) is 19.5 Å². The molecule has 1 amide bonds. The number of carbonyl (C=O) groups is 3. The molecular weight excluding hydrogens is 290 g/mol. The number of ether oxygens (including phenoxy) is 1. The molecule has 120 valence electrons. The van der Waals surface area contributed by atoms with Crippen molar-refractivity contribution in [2.45, 2.75) is 38.8 Å². The molecule has 0 aliphatic rings. The highest BCUT2D eigenvalue weighted by Gasteiger charge is 2.24. The monoisotopic (exact) mass is 309 g/mol. The van der Waals surface area contributed by atoms with E-state index in [-0.39, 0.29) is 12.0 Å². The van der Waals surface area contributed by atoms with Crippen LogP contribution in [0.3, 0.4) is 0 Å². The molecule has 1 aromatic carbocycles. The van der Waals surface area contributed by atoms with Gasteiger partial charge in [-0.05, 0) is 38.5 Å². The van der Waals surface area contributed by atoms with Gasteiger partial charge in [-0.3, -0.25) is 0 Å². The Bertz CT molecular complexity index is 576. The van der Waals surface area contributed by atoms with Crippen LogP contribution < -0.4 is 5.32 Å². The van der Waals surface area contributed by atoms with Crippen LogP contribution >= 0.6 is 0 Å². The highest BCUT2D eigenvalue weighted by Crippen LogP contribution is 2.10. The molecule has 0 spiro atoms. The van der Waals surface area contributed by atoms with Gasteiger partial charge in [0, 0.05) is 6.42 Å². The number of aromatic carboxylic acids is 1. The largest absolute Gasteiger partial charge is 0.480 e. The summed E-state index contributed by atoms with van der Waals surface area (Å²) in [5.74, 6) is -2.33. The third-order valence-corrected chi connectivity index (χ3v) is 2.60. The predicted molar refractivity (Wildman–Crippen MR) is 77.9 cm³/mol. The summed E-state index contributed by atoms with van der Waals surface area (Å²) in [6.07, 6.45) is -0.885. The van der Waals surface area contributed by atoms with Crippen LogP contribution in [-0.4, -0.2) is 39.9 Å². The average molecular weight is 309 g/mol. The van der Waals surface area contributed by atoms with Gasteiger partial charge < -0.3 is 20.3 Å². The first-order valence-corrected chi connectivity index (χ1v) is 6.63. The van der Waals surface area contributed by atoms with Gasteiger partial charge >= 0.3 is 18.0 Å². The molecule has 1 aromatic rings. The lowest BCUT2D eigenvalue weighted by Gasteiger charge is -2.22. The van der Waals surface area contributed by atoms with E-state index < -0.39 is 29.7 Å². The third kappa shape index (κ3) is 5.82. The van der Waals surface area contributed by atoms with Crippen LogP contribution in [0.4, 0.5) is 4.79 Å². The minimum atomic E-state index is -1.23. The van der Waals surface area contributed by atoms with Gasteiger partial charge in [0.1, 0.15) is 11.6 Å². The quantitative estimate of drug-likeness (QED) is 0.765. The Morgan fingerprint density at radius 2 is 1.86 bits per heavy atom. The summed E-state index contributed by atoms with van der Waals surface area (Å²) in [5, 5.41) is 20.4. The number of benzene rings is 1. The molecule has 3 N–H and O–H groups in total. The van der Waals surface area contributed by atoms with Crippen LogP contribution in [0, 0.1) is 0 Å². The van der Waals surface area contributed by atoms with E-state index in [0.29, 0.717) is 5.56 Å². The van der Waals surface area contributed by atoms with E-state index >= 15 is 0 Å². The molecule has 0 fully saturated rings. The summed E-state index contributed by atoms with van der Waals surface area (Å²) in [6.45, 7) is 5.00. The molecule has 0 aliphatic carbocycles. The van der Waals surface area contributed by atoms with Crippen molar-refractivity contribution in [2.75, 3.05) is 0 Å². The molecule has 0 saturated carbocycles. The van der Waals surface area contributed by atoms with Gasteiger partial charge in [0.15, 0.2) is 0 Å². The van der Waals surface area contributed by atoms with Gasteiger partial charge in [-0.15, -0.1) is 0 Å². The van der Waals surface area contributed by atoms with E-state index in [1.165, 1.54) is 18.2 Å². The molecule has 0 saturated heterocycles. The Morgan fingerprint density at radius 1 is 1.23 bits per heavy atom. The maximum atomic E-state index is 11.6. The summed E-state index contributed by atoms with van der Waals surface area (Å²) in [4.78, 5) is 33.8. The third-order valence-electron chi connectivity index (χ3n) is 2.60. The molecule has 0 aliphatic heterocycles. The first-order valence-electron chi connectivity index (χ1n) is 6.63. The lowest BCUT2D eigenvalue weighted by atomic mass is 10.0. The minimum Gasteiger partial charge on any atom is -0.480 e. The van der Waals surface area contributed by atoms with Crippen LogP contribution in [0.25, 0.3) is 0 Å². The SMILES string of the molecule is CC(C)(C)OC(=O)N[C@@H](Cc1cccc(C(=O)O)c1)C(=O)O. The number of hydrogen-bond acceptors (Lipinski definition) is 4. The fraction of sp³-hybridized carbons (Fsp3) is 0.400. The summed E-state index contributed by atoms with van der Waals surface area (Å²) < 4.78 is 5.01. The number of amides is 1. The Kier molecular flexibility index (Phi) is 5.50. The molecule has 0 aromatic heterocycles. The smallest absolute Gasteiger partial charge is 0.408 e. The number of nitrogens with one attached hydrogen (secondary N) is 1. The van der Waals surface area contributed by atoms with E-state index in [1.807, 2.05) is 0 Å². The topological polar surface area (TPSA) is 113 Å². The van der Waals surface area contributed by atoms with Gasteiger partial charge in [0.25, 0.3) is 0 Å². The number of rotatable bonds is 5. The molecule has 1 rings (SSSR count). The van der Waals surface area contributed by atoms with Gasteiger partial charge in [0.05, 0.1) is 5.56 Å². The number of hydrogen-bond donors (Lipinski definition) is 3. The van der Waals surface area contributed by atoms with Crippen molar-refractivity contribution < 1.29 is 29.3 Å². The summed E-state index contributed by atoms with van der Waals surface area (Å²) in [5.41, 5.74) is -0.196. The Morgan fingerprint density at radius 3 is 2.36 bits per heavy atom. The number of carboxylic acids is 2. The number of alkyl carbamates (subject to hydrolysis) is 1. The second-order valence-corrected chi connectivity index (χ2v) is 5.75. The van der Waals surface area contributed by atoms with Crippen molar-refractivity contribution in [3.05, 3.63) is 35.4 Å². The van der Waals surface area contributed by atoms with Crippen LogP contribution in [-0.2, 0) is 16.0 Å². The molecule has 0 radical (unpaired) electrons. The Balaban J connectivity index is 2.81.